The third kappa shape index (κ3) is 3.01. The van der Waals surface area contributed by atoms with Gasteiger partial charge in [0, 0.05) is 18.7 Å². The Bertz CT molecular complexity index is 336. The number of halogens is 1. The third-order valence-corrected chi connectivity index (χ3v) is 3.10. The molecule has 1 atom stereocenters. The number of hydrogen-bond donors (Lipinski definition) is 1. The molecule has 1 aromatic rings. The minimum Gasteiger partial charge on any atom is -0.313 e. The van der Waals surface area contributed by atoms with Gasteiger partial charge in [-0.05, 0) is 43.9 Å². The second kappa shape index (κ2) is 5.39. The van der Waals surface area contributed by atoms with Gasteiger partial charge in [-0.1, -0.05) is 6.92 Å². The maximum Gasteiger partial charge on any atom is 0.144 e. The first-order valence-electron chi connectivity index (χ1n) is 6.14. The Morgan fingerprint density at radius 1 is 1.56 bits per heavy atom. The van der Waals surface area contributed by atoms with Gasteiger partial charge in [0.1, 0.15) is 5.82 Å². The first kappa shape index (κ1) is 11.5. The maximum absolute atomic E-state index is 13.5. The van der Waals surface area contributed by atoms with Crippen LogP contribution < -0.4 is 5.32 Å². The Kier molecular flexibility index (Phi) is 3.88. The summed E-state index contributed by atoms with van der Waals surface area (Å²) < 4.78 is 13.5. The Morgan fingerprint density at radius 2 is 2.38 bits per heavy atom. The minimum absolute atomic E-state index is 0.175. The molecule has 0 radical (unpaired) electrons. The van der Waals surface area contributed by atoms with Crippen molar-refractivity contribution in [2.45, 2.75) is 38.6 Å². The fraction of sp³-hybridized carbons (Fsp3) is 0.615. The lowest BCUT2D eigenvalue weighted by Crippen LogP contribution is -2.34. The van der Waals surface area contributed by atoms with Gasteiger partial charge in [0.2, 0.25) is 0 Å². The van der Waals surface area contributed by atoms with Gasteiger partial charge in [-0.3, -0.25) is 4.98 Å². The molecule has 1 aliphatic carbocycles. The SMILES string of the molecule is CCCNC(Cc1ncccc1F)C1CC1. The standard InChI is InChI=1S/C13H19FN2/c1-2-7-15-12(10-5-6-10)9-13-11(14)4-3-8-16-13/h3-4,8,10,12,15H,2,5-7,9H2,1H3. The molecule has 0 aliphatic heterocycles. The molecule has 1 fully saturated rings. The second-order valence-corrected chi connectivity index (χ2v) is 4.53. The van der Waals surface area contributed by atoms with E-state index in [0.717, 1.165) is 25.3 Å². The first-order valence-corrected chi connectivity index (χ1v) is 6.14. The van der Waals surface area contributed by atoms with Crippen molar-refractivity contribution in [1.29, 1.82) is 0 Å². The molecular formula is C13H19FN2. The zero-order valence-corrected chi connectivity index (χ0v) is 9.75. The van der Waals surface area contributed by atoms with Crippen molar-refractivity contribution in [3.63, 3.8) is 0 Å². The quantitative estimate of drug-likeness (QED) is 0.800. The van der Waals surface area contributed by atoms with Crippen LogP contribution in [0.3, 0.4) is 0 Å². The number of nitrogens with one attached hydrogen (secondary N) is 1. The van der Waals surface area contributed by atoms with Gasteiger partial charge in [-0.15, -0.1) is 0 Å². The predicted molar refractivity (Wildman–Crippen MR) is 62.7 cm³/mol. The van der Waals surface area contributed by atoms with Crippen LogP contribution in [0.1, 0.15) is 31.9 Å². The van der Waals surface area contributed by atoms with Gasteiger partial charge in [-0.25, -0.2) is 4.39 Å². The summed E-state index contributed by atoms with van der Waals surface area (Å²) in [6.45, 7) is 3.16. The average molecular weight is 222 g/mol. The normalized spacial score (nSPS) is 17.4. The number of nitrogens with zero attached hydrogens (tertiary/aromatic N) is 1. The highest BCUT2D eigenvalue weighted by Crippen LogP contribution is 2.34. The molecule has 1 heterocycles. The van der Waals surface area contributed by atoms with Crippen molar-refractivity contribution in [2.24, 2.45) is 5.92 Å². The van der Waals surface area contributed by atoms with Gasteiger partial charge >= 0.3 is 0 Å². The summed E-state index contributed by atoms with van der Waals surface area (Å²) in [6, 6.07) is 3.54. The van der Waals surface area contributed by atoms with Crippen LogP contribution in [0.25, 0.3) is 0 Å². The molecule has 0 spiro atoms. The molecule has 0 amide bonds. The summed E-state index contributed by atoms with van der Waals surface area (Å²) in [5, 5.41) is 3.50. The van der Waals surface area contributed by atoms with Gasteiger partial charge < -0.3 is 5.32 Å². The molecule has 2 nitrogen and oxygen atoms in total. The van der Waals surface area contributed by atoms with Crippen molar-refractivity contribution >= 4 is 0 Å². The number of pyridine rings is 1. The highest BCUT2D eigenvalue weighted by Gasteiger charge is 2.31. The molecule has 0 saturated heterocycles. The van der Waals surface area contributed by atoms with Crippen molar-refractivity contribution in [1.82, 2.24) is 10.3 Å². The zero-order valence-electron chi connectivity index (χ0n) is 9.75. The molecule has 0 bridgehead atoms. The van der Waals surface area contributed by atoms with Crippen LogP contribution in [-0.4, -0.2) is 17.6 Å². The topological polar surface area (TPSA) is 24.9 Å². The molecule has 0 aromatic carbocycles. The number of hydrogen-bond acceptors (Lipinski definition) is 2. The number of aromatic nitrogens is 1. The van der Waals surface area contributed by atoms with E-state index in [1.54, 1.807) is 12.3 Å². The summed E-state index contributed by atoms with van der Waals surface area (Å²) >= 11 is 0. The molecule has 1 aromatic heterocycles. The van der Waals surface area contributed by atoms with Crippen molar-refractivity contribution in [3.8, 4) is 0 Å². The second-order valence-electron chi connectivity index (χ2n) is 4.53. The van der Waals surface area contributed by atoms with Gasteiger partial charge in [0.05, 0.1) is 5.69 Å². The van der Waals surface area contributed by atoms with Gasteiger partial charge in [0.25, 0.3) is 0 Å². The third-order valence-electron chi connectivity index (χ3n) is 3.10. The fourth-order valence-electron chi connectivity index (χ4n) is 2.01. The largest absolute Gasteiger partial charge is 0.313 e. The van der Waals surface area contributed by atoms with Crippen LogP contribution in [0.15, 0.2) is 18.3 Å². The summed E-state index contributed by atoms with van der Waals surface area (Å²) in [7, 11) is 0. The molecule has 88 valence electrons. The average Bonchev–Trinajstić information content (AvgIpc) is 3.10. The van der Waals surface area contributed by atoms with E-state index in [9.17, 15) is 4.39 Å². The first-order chi connectivity index (χ1) is 7.81. The molecular weight excluding hydrogens is 203 g/mol. The van der Waals surface area contributed by atoms with E-state index in [-0.39, 0.29) is 5.82 Å². The monoisotopic (exact) mass is 222 g/mol. The van der Waals surface area contributed by atoms with Crippen molar-refractivity contribution < 1.29 is 4.39 Å². The molecule has 2 rings (SSSR count). The summed E-state index contributed by atoms with van der Waals surface area (Å²) in [5.74, 6) is 0.555. The van der Waals surface area contributed by atoms with Crippen LogP contribution in [-0.2, 0) is 6.42 Å². The molecule has 1 N–H and O–H groups in total. The summed E-state index contributed by atoms with van der Waals surface area (Å²) in [5.41, 5.74) is 0.600. The smallest absolute Gasteiger partial charge is 0.144 e. The lowest BCUT2D eigenvalue weighted by Gasteiger charge is -2.17. The molecule has 1 aliphatic rings. The molecule has 3 heteroatoms. The highest BCUT2D eigenvalue weighted by molar-refractivity contribution is 5.09. The van der Waals surface area contributed by atoms with E-state index in [2.05, 4.69) is 17.2 Å². The summed E-state index contributed by atoms with van der Waals surface area (Å²) in [6.07, 6.45) is 6.05. The van der Waals surface area contributed by atoms with E-state index in [1.165, 1.54) is 18.9 Å². The van der Waals surface area contributed by atoms with Crippen LogP contribution >= 0.6 is 0 Å². The lowest BCUT2D eigenvalue weighted by molar-refractivity contribution is 0.446. The highest BCUT2D eigenvalue weighted by atomic mass is 19.1. The van der Waals surface area contributed by atoms with E-state index < -0.39 is 0 Å². The van der Waals surface area contributed by atoms with Crippen molar-refractivity contribution in [2.75, 3.05) is 6.54 Å². The van der Waals surface area contributed by atoms with E-state index in [4.69, 9.17) is 0 Å². The Morgan fingerprint density at radius 3 is 3.00 bits per heavy atom. The van der Waals surface area contributed by atoms with Crippen LogP contribution in [0.5, 0.6) is 0 Å². The molecule has 1 unspecified atom stereocenters. The minimum atomic E-state index is -0.175. The number of rotatable bonds is 6. The fourth-order valence-corrected chi connectivity index (χ4v) is 2.01. The van der Waals surface area contributed by atoms with Gasteiger partial charge in [-0.2, -0.15) is 0 Å². The van der Waals surface area contributed by atoms with Crippen LogP contribution in [0.2, 0.25) is 0 Å². The lowest BCUT2D eigenvalue weighted by atomic mass is 10.1. The van der Waals surface area contributed by atoms with Crippen LogP contribution in [0.4, 0.5) is 4.39 Å². The summed E-state index contributed by atoms with van der Waals surface area (Å²) in [4.78, 5) is 4.12. The van der Waals surface area contributed by atoms with E-state index in [0.29, 0.717) is 11.7 Å². The van der Waals surface area contributed by atoms with Crippen LogP contribution in [0, 0.1) is 11.7 Å². The molecule has 16 heavy (non-hydrogen) atoms. The van der Waals surface area contributed by atoms with Crippen molar-refractivity contribution in [3.05, 3.63) is 29.8 Å². The zero-order chi connectivity index (χ0) is 11.4. The Labute approximate surface area is 96.3 Å². The van der Waals surface area contributed by atoms with E-state index in [1.807, 2.05) is 0 Å². The van der Waals surface area contributed by atoms with Gasteiger partial charge in [0.15, 0.2) is 0 Å². The Balaban J connectivity index is 1.97. The Hall–Kier alpha value is -0.960. The predicted octanol–water partition coefficient (Wildman–Crippen LogP) is 2.54. The van der Waals surface area contributed by atoms with E-state index >= 15 is 0 Å². The maximum atomic E-state index is 13.5. The molecule has 1 saturated carbocycles.